The molecule has 2 rings (SSSR count). The Morgan fingerprint density at radius 1 is 1.38 bits per heavy atom. The lowest BCUT2D eigenvalue weighted by molar-refractivity contribution is -0.385. The molecule has 1 aromatic carbocycles. The van der Waals surface area contributed by atoms with Gasteiger partial charge in [-0.1, -0.05) is 0 Å². The van der Waals surface area contributed by atoms with Crippen molar-refractivity contribution in [2.45, 2.75) is 4.90 Å². The largest absolute Gasteiger partial charge is 0.397 e. The fourth-order valence-electron chi connectivity index (χ4n) is 1.53. The predicted molar refractivity (Wildman–Crippen MR) is 70.3 cm³/mol. The standard InChI is InChI=1S/C10H8FN5O4S/c11-7-4-6(16(17)18)5-8(12)10(7)21(19,20)15-9-2-1-3-13-14-9/h1-5H,12H2,(H,14,15). The highest BCUT2D eigenvalue weighted by Gasteiger charge is 2.26. The van der Waals surface area contributed by atoms with Crippen molar-refractivity contribution in [3.63, 3.8) is 0 Å². The number of hydrogen-bond acceptors (Lipinski definition) is 7. The maximum Gasteiger partial charge on any atom is 0.274 e. The van der Waals surface area contributed by atoms with Crippen molar-refractivity contribution in [2.24, 2.45) is 0 Å². The first-order chi connectivity index (χ1) is 9.81. The highest BCUT2D eigenvalue weighted by atomic mass is 32.2. The third-order valence-corrected chi connectivity index (χ3v) is 3.79. The third-order valence-electron chi connectivity index (χ3n) is 2.35. The Hall–Kier alpha value is -2.82. The van der Waals surface area contributed by atoms with Gasteiger partial charge in [-0.15, -0.1) is 5.10 Å². The van der Waals surface area contributed by atoms with Crippen molar-refractivity contribution >= 4 is 27.2 Å². The Kier molecular flexibility index (Phi) is 3.67. The maximum absolute atomic E-state index is 13.8. The van der Waals surface area contributed by atoms with Crippen molar-refractivity contribution in [3.05, 3.63) is 46.4 Å². The van der Waals surface area contributed by atoms with Gasteiger partial charge in [0.2, 0.25) is 0 Å². The molecule has 0 saturated heterocycles. The monoisotopic (exact) mass is 313 g/mol. The number of non-ortho nitro benzene ring substituents is 1. The molecule has 0 saturated carbocycles. The van der Waals surface area contributed by atoms with Gasteiger partial charge in [0.25, 0.3) is 15.7 Å². The molecule has 21 heavy (non-hydrogen) atoms. The van der Waals surface area contributed by atoms with E-state index in [2.05, 4.69) is 10.2 Å². The summed E-state index contributed by atoms with van der Waals surface area (Å²) in [5.74, 6) is -1.48. The molecule has 0 radical (unpaired) electrons. The van der Waals surface area contributed by atoms with Crippen LogP contribution in [0, 0.1) is 15.9 Å². The van der Waals surface area contributed by atoms with E-state index >= 15 is 0 Å². The van der Waals surface area contributed by atoms with Crippen LogP contribution in [0.3, 0.4) is 0 Å². The molecule has 11 heteroatoms. The zero-order valence-corrected chi connectivity index (χ0v) is 11.0. The first-order valence-corrected chi connectivity index (χ1v) is 6.83. The van der Waals surface area contributed by atoms with E-state index in [1.165, 1.54) is 18.3 Å². The predicted octanol–water partition coefficient (Wildman–Crippen LogP) is 0.907. The van der Waals surface area contributed by atoms with E-state index in [0.717, 1.165) is 6.07 Å². The van der Waals surface area contributed by atoms with Crippen molar-refractivity contribution in [2.75, 3.05) is 10.5 Å². The Morgan fingerprint density at radius 2 is 2.10 bits per heavy atom. The fraction of sp³-hybridized carbons (Fsp3) is 0. The van der Waals surface area contributed by atoms with Crippen LogP contribution in [0.5, 0.6) is 0 Å². The Labute approximate surface area is 117 Å². The average molecular weight is 313 g/mol. The molecule has 1 aromatic heterocycles. The lowest BCUT2D eigenvalue weighted by atomic mass is 10.3. The molecule has 110 valence electrons. The van der Waals surface area contributed by atoms with Crippen LogP contribution in [0.1, 0.15) is 0 Å². The number of nitrogen functional groups attached to an aromatic ring is 1. The van der Waals surface area contributed by atoms with Crippen LogP contribution in [0.4, 0.5) is 21.6 Å². The summed E-state index contributed by atoms with van der Waals surface area (Å²) in [5.41, 5.74) is 4.17. The van der Waals surface area contributed by atoms with E-state index in [9.17, 15) is 22.9 Å². The summed E-state index contributed by atoms with van der Waals surface area (Å²) in [6, 6.07) is 3.94. The van der Waals surface area contributed by atoms with Gasteiger partial charge in [0.1, 0.15) is 4.90 Å². The molecule has 0 fully saturated rings. The second-order valence-electron chi connectivity index (χ2n) is 3.82. The molecule has 0 aliphatic carbocycles. The fourth-order valence-corrected chi connectivity index (χ4v) is 2.70. The first kappa shape index (κ1) is 14.6. The van der Waals surface area contributed by atoms with Gasteiger partial charge in [-0.05, 0) is 12.1 Å². The number of hydrogen-bond donors (Lipinski definition) is 2. The normalized spacial score (nSPS) is 11.1. The number of sulfonamides is 1. The second-order valence-corrected chi connectivity index (χ2v) is 5.44. The summed E-state index contributed by atoms with van der Waals surface area (Å²) in [7, 11) is -4.39. The van der Waals surface area contributed by atoms with Crippen LogP contribution >= 0.6 is 0 Å². The van der Waals surface area contributed by atoms with Crippen LogP contribution in [0.15, 0.2) is 35.4 Å². The van der Waals surface area contributed by atoms with Crippen LogP contribution in [-0.2, 0) is 10.0 Å². The minimum absolute atomic E-state index is 0.144. The smallest absolute Gasteiger partial charge is 0.274 e. The lowest BCUT2D eigenvalue weighted by Gasteiger charge is -2.09. The van der Waals surface area contributed by atoms with Crippen molar-refractivity contribution in [3.8, 4) is 0 Å². The number of nitro benzene ring substituents is 1. The van der Waals surface area contributed by atoms with Crippen LogP contribution in [0.25, 0.3) is 0 Å². The summed E-state index contributed by atoms with van der Waals surface area (Å²) in [4.78, 5) is 8.78. The minimum atomic E-state index is -4.39. The van der Waals surface area contributed by atoms with Gasteiger partial charge in [-0.3, -0.25) is 14.8 Å². The molecule has 0 aliphatic rings. The van der Waals surface area contributed by atoms with Crippen molar-refractivity contribution in [1.29, 1.82) is 0 Å². The molecule has 0 amide bonds. The number of nitrogens with one attached hydrogen (secondary N) is 1. The van der Waals surface area contributed by atoms with E-state index in [1.54, 1.807) is 0 Å². The molecular formula is C10H8FN5O4S. The van der Waals surface area contributed by atoms with Gasteiger partial charge in [0.15, 0.2) is 11.6 Å². The first-order valence-electron chi connectivity index (χ1n) is 5.35. The number of rotatable bonds is 4. The molecule has 0 unspecified atom stereocenters. The molecule has 2 aromatic rings. The van der Waals surface area contributed by atoms with E-state index < -0.39 is 37.0 Å². The van der Waals surface area contributed by atoms with E-state index in [1.807, 2.05) is 4.72 Å². The third kappa shape index (κ3) is 3.02. The van der Waals surface area contributed by atoms with Gasteiger partial charge in [0.05, 0.1) is 16.7 Å². The number of benzene rings is 1. The second kappa shape index (κ2) is 5.28. The van der Waals surface area contributed by atoms with Gasteiger partial charge < -0.3 is 5.73 Å². The van der Waals surface area contributed by atoms with Gasteiger partial charge >= 0.3 is 0 Å². The molecular weight excluding hydrogens is 305 g/mol. The maximum atomic E-state index is 13.8. The van der Waals surface area contributed by atoms with E-state index in [-0.39, 0.29) is 5.82 Å². The van der Waals surface area contributed by atoms with Crippen LogP contribution < -0.4 is 10.5 Å². The lowest BCUT2D eigenvalue weighted by Crippen LogP contribution is -2.17. The minimum Gasteiger partial charge on any atom is -0.397 e. The molecule has 3 N–H and O–H groups in total. The van der Waals surface area contributed by atoms with Crippen LogP contribution in [0.2, 0.25) is 0 Å². The zero-order valence-electron chi connectivity index (χ0n) is 10.2. The molecule has 0 atom stereocenters. The van der Waals surface area contributed by atoms with E-state index in [0.29, 0.717) is 6.07 Å². The van der Waals surface area contributed by atoms with Gasteiger partial charge in [0, 0.05) is 12.3 Å². The summed E-state index contributed by atoms with van der Waals surface area (Å²) in [6.07, 6.45) is 1.32. The van der Waals surface area contributed by atoms with Crippen molar-refractivity contribution in [1.82, 2.24) is 10.2 Å². The highest BCUT2D eigenvalue weighted by Crippen LogP contribution is 2.28. The van der Waals surface area contributed by atoms with Crippen LogP contribution in [-0.4, -0.2) is 23.5 Å². The molecule has 0 bridgehead atoms. The number of aromatic nitrogens is 2. The summed E-state index contributed by atoms with van der Waals surface area (Å²) >= 11 is 0. The van der Waals surface area contributed by atoms with Gasteiger partial charge in [-0.2, -0.15) is 5.10 Å². The highest BCUT2D eigenvalue weighted by molar-refractivity contribution is 7.92. The Morgan fingerprint density at radius 3 is 2.62 bits per heavy atom. The Balaban J connectivity index is 2.48. The number of anilines is 2. The average Bonchev–Trinajstić information content (AvgIpc) is 2.37. The quantitative estimate of drug-likeness (QED) is 0.485. The number of nitro groups is 1. The zero-order chi connectivity index (χ0) is 15.6. The molecule has 9 nitrogen and oxygen atoms in total. The number of nitrogens with two attached hydrogens (primary N) is 1. The number of nitrogens with zero attached hydrogens (tertiary/aromatic N) is 3. The van der Waals surface area contributed by atoms with E-state index in [4.69, 9.17) is 5.73 Å². The summed E-state index contributed by atoms with van der Waals surface area (Å²) < 4.78 is 39.9. The summed E-state index contributed by atoms with van der Waals surface area (Å²) in [5, 5.41) is 17.5. The molecule has 0 aliphatic heterocycles. The SMILES string of the molecule is Nc1cc([N+](=O)[O-])cc(F)c1S(=O)(=O)Nc1cccnn1. The number of halogens is 1. The van der Waals surface area contributed by atoms with Crippen molar-refractivity contribution < 1.29 is 17.7 Å². The molecule has 0 spiro atoms. The van der Waals surface area contributed by atoms with Gasteiger partial charge in [-0.25, -0.2) is 12.8 Å². The Bertz CT molecular complexity index is 773. The summed E-state index contributed by atoms with van der Waals surface area (Å²) in [6.45, 7) is 0. The molecule has 1 heterocycles. The topological polar surface area (TPSA) is 141 Å².